The fraction of sp³-hybridized carbons (Fsp3) is 0.375. The van der Waals surface area contributed by atoms with Crippen LogP contribution in [0.3, 0.4) is 0 Å². The number of rotatable bonds is 5. The van der Waals surface area contributed by atoms with E-state index in [1.54, 1.807) is 0 Å². The van der Waals surface area contributed by atoms with E-state index in [0.29, 0.717) is 0 Å². The molecule has 0 aliphatic heterocycles. The van der Waals surface area contributed by atoms with Gasteiger partial charge in [0.25, 0.3) is 0 Å². The second-order valence-electron chi connectivity index (χ2n) is 4.65. The SMILES string of the molecule is CCC[n+]1ccc(-c2cc[n+](CCC)cc2)cc1. The molecule has 0 amide bonds. The quantitative estimate of drug-likeness (QED) is 0.712. The lowest BCUT2D eigenvalue weighted by Gasteiger charge is -2.00. The predicted octanol–water partition coefficient (Wildman–Crippen LogP) is 2.75. The number of pyridine rings is 2. The van der Waals surface area contributed by atoms with Crippen LogP contribution in [-0.2, 0) is 13.1 Å². The summed E-state index contributed by atoms with van der Waals surface area (Å²) in [6, 6.07) is 8.76. The Hall–Kier alpha value is -1.70. The van der Waals surface area contributed by atoms with Gasteiger partial charge in [-0.15, -0.1) is 0 Å². The van der Waals surface area contributed by atoms with Crippen LogP contribution in [0, 0.1) is 0 Å². The summed E-state index contributed by atoms with van der Waals surface area (Å²) >= 11 is 0. The van der Waals surface area contributed by atoms with Crippen molar-refractivity contribution < 1.29 is 9.13 Å². The molecule has 0 unspecified atom stereocenters. The molecule has 2 rings (SSSR count). The summed E-state index contributed by atoms with van der Waals surface area (Å²) in [6.07, 6.45) is 11.0. The zero-order chi connectivity index (χ0) is 12.8. The van der Waals surface area contributed by atoms with E-state index in [4.69, 9.17) is 0 Å². The van der Waals surface area contributed by atoms with E-state index in [9.17, 15) is 0 Å². The molecule has 2 heterocycles. The third-order valence-corrected chi connectivity index (χ3v) is 3.08. The Morgan fingerprint density at radius 3 is 1.28 bits per heavy atom. The number of aromatic nitrogens is 2. The Balaban J connectivity index is 2.15. The highest BCUT2D eigenvalue weighted by Crippen LogP contribution is 2.15. The molecule has 2 aromatic rings. The number of hydrogen-bond donors (Lipinski definition) is 0. The van der Waals surface area contributed by atoms with Gasteiger partial charge in [0, 0.05) is 37.1 Å². The van der Waals surface area contributed by atoms with E-state index in [0.717, 1.165) is 13.1 Å². The molecule has 0 N–H and O–H groups in total. The van der Waals surface area contributed by atoms with Crippen LogP contribution in [0.5, 0.6) is 0 Å². The molecule has 0 bridgehead atoms. The minimum Gasteiger partial charge on any atom is -0.205 e. The molecule has 18 heavy (non-hydrogen) atoms. The average Bonchev–Trinajstić information content (AvgIpc) is 2.41. The molecular formula is C16H22N2+2. The number of nitrogens with zero attached hydrogens (tertiary/aromatic N) is 2. The molecule has 2 aromatic heterocycles. The summed E-state index contributed by atoms with van der Waals surface area (Å²) in [4.78, 5) is 0. The number of aryl methyl sites for hydroxylation is 2. The Morgan fingerprint density at radius 2 is 1.00 bits per heavy atom. The van der Waals surface area contributed by atoms with Gasteiger partial charge in [0.15, 0.2) is 24.8 Å². The Bertz CT molecular complexity index is 424. The molecule has 0 aliphatic rings. The van der Waals surface area contributed by atoms with Gasteiger partial charge in [-0.1, -0.05) is 13.8 Å². The monoisotopic (exact) mass is 242 g/mol. The minimum atomic E-state index is 1.09. The molecule has 2 nitrogen and oxygen atoms in total. The van der Waals surface area contributed by atoms with Crippen molar-refractivity contribution in [2.75, 3.05) is 0 Å². The van der Waals surface area contributed by atoms with Gasteiger partial charge in [0.2, 0.25) is 0 Å². The third kappa shape index (κ3) is 3.16. The van der Waals surface area contributed by atoms with E-state index in [1.807, 2.05) is 0 Å². The van der Waals surface area contributed by atoms with Crippen LogP contribution in [-0.4, -0.2) is 0 Å². The molecule has 0 saturated carbocycles. The molecule has 94 valence electrons. The maximum absolute atomic E-state index is 2.23. The minimum absolute atomic E-state index is 1.09. The molecule has 0 aliphatic carbocycles. The van der Waals surface area contributed by atoms with Crippen molar-refractivity contribution >= 4 is 0 Å². The van der Waals surface area contributed by atoms with Crippen LogP contribution in [0.25, 0.3) is 11.1 Å². The van der Waals surface area contributed by atoms with Crippen molar-refractivity contribution in [2.45, 2.75) is 39.8 Å². The zero-order valence-corrected chi connectivity index (χ0v) is 11.3. The van der Waals surface area contributed by atoms with Crippen LogP contribution in [0.2, 0.25) is 0 Å². The fourth-order valence-electron chi connectivity index (χ4n) is 2.11. The summed E-state index contributed by atoms with van der Waals surface area (Å²) < 4.78 is 4.45. The summed E-state index contributed by atoms with van der Waals surface area (Å²) in [5.74, 6) is 0. The first-order valence-corrected chi connectivity index (χ1v) is 6.82. The first kappa shape index (κ1) is 12.7. The summed E-state index contributed by atoms with van der Waals surface area (Å²) in [7, 11) is 0. The number of hydrogen-bond acceptors (Lipinski definition) is 0. The highest BCUT2D eigenvalue weighted by Gasteiger charge is 2.04. The van der Waals surface area contributed by atoms with E-state index < -0.39 is 0 Å². The van der Waals surface area contributed by atoms with Gasteiger partial charge in [-0.25, -0.2) is 9.13 Å². The van der Waals surface area contributed by atoms with Crippen LogP contribution in [0.15, 0.2) is 49.1 Å². The van der Waals surface area contributed by atoms with Gasteiger partial charge in [-0.2, -0.15) is 0 Å². The summed E-state index contributed by atoms with van der Waals surface area (Å²) in [6.45, 7) is 6.58. The molecular weight excluding hydrogens is 220 g/mol. The highest BCUT2D eigenvalue weighted by molar-refractivity contribution is 5.60. The van der Waals surface area contributed by atoms with Gasteiger partial charge >= 0.3 is 0 Å². The van der Waals surface area contributed by atoms with Crippen molar-refractivity contribution in [2.24, 2.45) is 0 Å². The first-order chi connectivity index (χ1) is 8.83. The van der Waals surface area contributed by atoms with Crippen LogP contribution in [0.1, 0.15) is 26.7 Å². The summed E-state index contributed by atoms with van der Waals surface area (Å²) in [5, 5.41) is 0. The first-order valence-electron chi connectivity index (χ1n) is 6.82. The second kappa shape index (κ2) is 6.29. The largest absolute Gasteiger partial charge is 0.205 e. The summed E-state index contributed by atoms with van der Waals surface area (Å²) in [5.41, 5.74) is 2.57. The van der Waals surface area contributed by atoms with E-state index >= 15 is 0 Å². The van der Waals surface area contributed by atoms with Crippen LogP contribution in [0.4, 0.5) is 0 Å². The predicted molar refractivity (Wildman–Crippen MR) is 72.9 cm³/mol. The molecule has 2 heteroatoms. The smallest absolute Gasteiger partial charge is 0.169 e. The van der Waals surface area contributed by atoms with Crippen molar-refractivity contribution in [1.29, 1.82) is 0 Å². The lowest BCUT2D eigenvalue weighted by atomic mass is 10.1. The highest BCUT2D eigenvalue weighted by atomic mass is 14.9. The molecule has 0 aromatic carbocycles. The van der Waals surface area contributed by atoms with Gasteiger partial charge in [0.05, 0.1) is 0 Å². The molecule has 0 atom stereocenters. The molecule has 0 fully saturated rings. The lowest BCUT2D eigenvalue weighted by molar-refractivity contribution is -0.697. The third-order valence-electron chi connectivity index (χ3n) is 3.08. The van der Waals surface area contributed by atoms with Crippen molar-refractivity contribution in [3.8, 4) is 11.1 Å². The Morgan fingerprint density at radius 1 is 0.667 bits per heavy atom. The lowest BCUT2D eigenvalue weighted by Crippen LogP contribution is -2.32. The van der Waals surface area contributed by atoms with E-state index in [-0.39, 0.29) is 0 Å². The van der Waals surface area contributed by atoms with Crippen LogP contribution >= 0.6 is 0 Å². The second-order valence-corrected chi connectivity index (χ2v) is 4.65. The van der Waals surface area contributed by atoms with E-state index in [2.05, 4.69) is 72.0 Å². The molecule has 0 radical (unpaired) electrons. The van der Waals surface area contributed by atoms with Gasteiger partial charge < -0.3 is 0 Å². The topological polar surface area (TPSA) is 7.76 Å². The van der Waals surface area contributed by atoms with E-state index in [1.165, 1.54) is 24.0 Å². The Kier molecular flexibility index (Phi) is 4.46. The van der Waals surface area contributed by atoms with Crippen molar-refractivity contribution in [3.63, 3.8) is 0 Å². The van der Waals surface area contributed by atoms with Crippen molar-refractivity contribution in [3.05, 3.63) is 49.1 Å². The fourth-order valence-corrected chi connectivity index (χ4v) is 2.11. The molecule has 0 saturated heterocycles. The van der Waals surface area contributed by atoms with Gasteiger partial charge in [-0.3, -0.25) is 0 Å². The van der Waals surface area contributed by atoms with Gasteiger partial charge in [0.1, 0.15) is 13.1 Å². The Labute approximate surface area is 110 Å². The average molecular weight is 242 g/mol. The van der Waals surface area contributed by atoms with Crippen LogP contribution < -0.4 is 9.13 Å². The van der Waals surface area contributed by atoms with Gasteiger partial charge in [-0.05, 0) is 11.1 Å². The van der Waals surface area contributed by atoms with Crippen molar-refractivity contribution in [1.82, 2.24) is 0 Å². The maximum Gasteiger partial charge on any atom is 0.169 e. The normalized spacial score (nSPS) is 10.6. The standard InChI is InChI=1S/C16H22N2/c1-3-9-17-11-5-15(6-12-17)16-7-13-18(10-4-2)14-8-16/h5-8,11-14H,3-4,9-10H2,1-2H3/q+2. The maximum atomic E-state index is 2.23. The zero-order valence-electron chi connectivity index (χ0n) is 11.3. The molecule has 0 spiro atoms.